The lowest BCUT2D eigenvalue weighted by Gasteiger charge is -2.43. The minimum absolute atomic E-state index is 0.151. The van der Waals surface area contributed by atoms with E-state index in [1.807, 2.05) is 31.2 Å². The second kappa shape index (κ2) is 11.1. The lowest BCUT2D eigenvalue weighted by molar-refractivity contribution is -0.133. The van der Waals surface area contributed by atoms with Crippen LogP contribution in [0.4, 0.5) is 0 Å². The molecule has 1 aromatic carbocycles. The fourth-order valence-electron chi connectivity index (χ4n) is 4.97. The average molecular weight is 496 g/mol. The third-order valence-electron chi connectivity index (χ3n) is 7.13. The van der Waals surface area contributed by atoms with E-state index in [0.29, 0.717) is 25.4 Å². The van der Waals surface area contributed by atoms with Crippen LogP contribution in [0.25, 0.3) is 0 Å². The van der Waals surface area contributed by atoms with Crippen LogP contribution in [0, 0.1) is 0 Å². The number of benzene rings is 1. The second-order valence-electron chi connectivity index (χ2n) is 9.87. The normalized spacial score (nSPS) is 19.8. The van der Waals surface area contributed by atoms with Crippen LogP contribution < -0.4 is 15.4 Å². The number of aromatic nitrogens is 2. The molecule has 194 valence electrons. The summed E-state index contributed by atoms with van der Waals surface area (Å²) in [5.74, 6) is -0.00495. The molecule has 1 aromatic heterocycles. The van der Waals surface area contributed by atoms with Crippen molar-refractivity contribution in [2.45, 2.75) is 84.0 Å². The van der Waals surface area contributed by atoms with E-state index >= 15 is 0 Å². The van der Waals surface area contributed by atoms with E-state index in [1.165, 1.54) is 10.7 Å². The van der Waals surface area contributed by atoms with E-state index in [2.05, 4.69) is 22.7 Å². The van der Waals surface area contributed by atoms with Crippen LogP contribution in [0.15, 0.2) is 30.3 Å². The Morgan fingerprint density at radius 2 is 1.89 bits per heavy atom. The van der Waals surface area contributed by atoms with Crippen LogP contribution in [0.2, 0.25) is 0 Å². The molecule has 2 aliphatic rings. The fraction of sp³-hybridized carbons (Fsp3) is 0.556. The van der Waals surface area contributed by atoms with Crippen molar-refractivity contribution in [1.82, 2.24) is 25.3 Å². The highest BCUT2D eigenvalue weighted by Gasteiger charge is 2.48. The Morgan fingerprint density at radius 1 is 1.17 bits per heavy atom. The molecule has 0 unspecified atom stereocenters. The summed E-state index contributed by atoms with van der Waals surface area (Å²) in [5, 5.41) is 10.5. The van der Waals surface area contributed by atoms with Crippen molar-refractivity contribution in [3.8, 4) is 5.75 Å². The van der Waals surface area contributed by atoms with Gasteiger partial charge >= 0.3 is 0 Å². The SMILES string of the molecule is CCCCN1C(=O)c2cc(C(=O)NCc3ccc(OCC)cc3)nn2C[C@]1(C)C(=O)NC1CCCC1. The first-order valence-electron chi connectivity index (χ1n) is 13.1. The molecule has 0 bridgehead atoms. The van der Waals surface area contributed by atoms with E-state index in [4.69, 9.17) is 4.74 Å². The highest BCUT2D eigenvalue weighted by molar-refractivity contribution is 6.01. The van der Waals surface area contributed by atoms with E-state index in [-0.39, 0.29) is 36.0 Å². The molecule has 2 N–H and O–H groups in total. The van der Waals surface area contributed by atoms with Crippen molar-refractivity contribution in [3.05, 3.63) is 47.3 Å². The maximum absolute atomic E-state index is 13.5. The summed E-state index contributed by atoms with van der Waals surface area (Å²) >= 11 is 0. The summed E-state index contributed by atoms with van der Waals surface area (Å²) in [6.45, 7) is 7.40. The van der Waals surface area contributed by atoms with Crippen LogP contribution in [0.5, 0.6) is 5.75 Å². The van der Waals surface area contributed by atoms with Crippen molar-refractivity contribution >= 4 is 17.7 Å². The molecular weight excluding hydrogens is 458 g/mol. The van der Waals surface area contributed by atoms with Gasteiger partial charge in [0.15, 0.2) is 5.69 Å². The average Bonchev–Trinajstić information content (AvgIpc) is 3.53. The lowest BCUT2D eigenvalue weighted by Crippen LogP contribution is -2.65. The second-order valence-corrected chi connectivity index (χ2v) is 9.87. The Balaban J connectivity index is 1.49. The Labute approximate surface area is 212 Å². The zero-order valence-corrected chi connectivity index (χ0v) is 21.5. The summed E-state index contributed by atoms with van der Waals surface area (Å²) in [7, 11) is 0. The Bertz CT molecular complexity index is 1090. The molecule has 36 heavy (non-hydrogen) atoms. The number of nitrogens with one attached hydrogen (secondary N) is 2. The monoisotopic (exact) mass is 495 g/mol. The molecule has 1 aliphatic heterocycles. The summed E-state index contributed by atoms with van der Waals surface area (Å²) in [6, 6.07) is 9.20. The summed E-state index contributed by atoms with van der Waals surface area (Å²) in [4.78, 5) is 41.5. The molecule has 4 rings (SSSR count). The highest BCUT2D eigenvalue weighted by atomic mass is 16.5. The van der Waals surface area contributed by atoms with Gasteiger partial charge < -0.3 is 20.3 Å². The number of rotatable bonds is 10. The molecule has 0 radical (unpaired) electrons. The lowest BCUT2D eigenvalue weighted by atomic mass is 9.94. The van der Waals surface area contributed by atoms with Crippen molar-refractivity contribution < 1.29 is 19.1 Å². The molecule has 0 saturated heterocycles. The zero-order chi connectivity index (χ0) is 25.7. The van der Waals surface area contributed by atoms with Crippen molar-refractivity contribution in [2.24, 2.45) is 0 Å². The van der Waals surface area contributed by atoms with Crippen molar-refractivity contribution in [2.75, 3.05) is 13.2 Å². The Morgan fingerprint density at radius 3 is 2.56 bits per heavy atom. The van der Waals surface area contributed by atoms with Gasteiger partial charge in [-0.15, -0.1) is 0 Å². The molecular formula is C27H37N5O4. The number of fused-ring (bicyclic) bond motifs is 1. The molecule has 1 aliphatic carbocycles. The quantitative estimate of drug-likeness (QED) is 0.526. The molecule has 0 spiro atoms. The number of ether oxygens (including phenoxy) is 1. The van der Waals surface area contributed by atoms with Crippen LogP contribution in [0.3, 0.4) is 0 Å². The van der Waals surface area contributed by atoms with Crippen LogP contribution in [-0.4, -0.2) is 57.1 Å². The van der Waals surface area contributed by atoms with Gasteiger partial charge in [-0.1, -0.05) is 38.3 Å². The van der Waals surface area contributed by atoms with Crippen LogP contribution in [0.1, 0.15) is 85.8 Å². The van der Waals surface area contributed by atoms with Gasteiger partial charge in [0, 0.05) is 25.2 Å². The van der Waals surface area contributed by atoms with Gasteiger partial charge in [0.05, 0.1) is 13.2 Å². The minimum Gasteiger partial charge on any atom is -0.494 e. The maximum atomic E-state index is 13.5. The van der Waals surface area contributed by atoms with Crippen LogP contribution >= 0.6 is 0 Å². The minimum atomic E-state index is -1.07. The summed E-state index contributed by atoms with van der Waals surface area (Å²) in [6.07, 6.45) is 5.86. The van der Waals surface area contributed by atoms with E-state index in [1.54, 1.807) is 11.8 Å². The molecule has 9 heteroatoms. The molecule has 9 nitrogen and oxygen atoms in total. The molecule has 1 atom stereocenters. The first kappa shape index (κ1) is 25.7. The highest BCUT2D eigenvalue weighted by Crippen LogP contribution is 2.29. The summed E-state index contributed by atoms with van der Waals surface area (Å²) in [5.41, 5.74) is 0.363. The molecule has 3 amide bonds. The Hall–Kier alpha value is -3.36. The topological polar surface area (TPSA) is 106 Å². The van der Waals surface area contributed by atoms with Gasteiger partial charge in [-0.05, 0) is 50.8 Å². The molecule has 2 aromatic rings. The number of amides is 3. The number of hydrogen-bond acceptors (Lipinski definition) is 5. The van der Waals surface area contributed by atoms with Crippen LogP contribution in [-0.2, 0) is 17.9 Å². The van der Waals surface area contributed by atoms with Gasteiger partial charge in [0.2, 0.25) is 5.91 Å². The smallest absolute Gasteiger partial charge is 0.273 e. The van der Waals surface area contributed by atoms with Gasteiger partial charge in [-0.2, -0.15) is 5.10 Å². The largest absolute Gasteiger partial charge is 0.494 e. The molecule has 1 fully saturated rings. The third-order valence-corrected chi connectivity index (χ3v) is 7.13. The van der Waals surface area contributed by atoms with Crippen molar-refractivity contribution in [1.29, 1.82) is 0 Å². The van der Waals surface area contributed by atoms with E-state index < -0.39 is 5.54 Å². The first-order valence-corrected chi connectivity index (χ1v) is 13.1. The van der Waals surface area contributed by atoms with Gasteiger partial charge in [-0.25, -0.2) is 0 Å². The van der Waals surface area contributed by atoms with E-state index in [0.717, 1.165) is 49.8 Å². The number of hydrogen-bond donors (Lipinski definition) is 2. The predicted octanol–water partition coefficient (Wildman–Crippen LogP) is 3.29. The number of carbonyl (C=O) groups is 3. The molecule has 1 saturated carbocycles. The zero-order valence-electron chi connectivity index (χ0n) is 21.5. The number of nitrogens with zero attached hydrogens (tertiary/aromatic N) is 3. The maximum Gasteiger partial charge on any atom is 0.273 e. The predicted molar refractivity (Wildman–Crippen MR) is 136 cm³/mol. The summed E-state index contributed by atoms with van der Waals surface area (Å²) < 4.78 is 6.97. The van der Waals surface area contributed by atoms with Gasteiger partial charge in [-0.3, -0.25) is 19.1 Å². The van der Waals surface area contributed by atoms with Gasteiger partial charge in [0.1, 0.15) is 17.0 Å². The molecule has 2 heterocycles. The standard InChI is InChI=1S/C27H37N5O4/c1-4-6-15-31-25(34)23-16-22(24(33)28-17-19-11-13-21(14-12-19)36-5-2)30-32(23)18-27(31,3)26(35)29-20-9-7-8-10-20/h11-14,16,20H,4-10,15,17-18H2,1-3H3,(H,28,33)(H,29,35)/t27-/m1/s1. The van der Waals surface area contributed by atoms with Gasteiger partial charge in [0.25, 0.3) is 11.8 Å². The third kappa shape index (κ3) is 5.39. The first-order chi connectivity index (χ1) is 17.4. The number of carbonyl (C=O) groups excluding carboxylic acids is 3. The Kier molecular flexibility index (Phi) is 7.96. The van der Waals surface area contributed by atoms with E-state index in [9.17, 15) is 14.4 Å². The van der Waals surface area contributed by atoms with Crippen molar-refractivity contribution in [3.63, 3.8) is 0 Å². The number of unbranched alkanes of at least 4 members (excludes halogenated alkanes) is 1. The fourth-order valence-corrected chi connectivity index (χ4v) is 4.97.